The van der Waals surface area contributed by atoms with Crippen molar-refractivity contribution >= 4 is 38.7 Å². The number of carbonyl (C=O) groups excluding carboxylic acids is 1. The summed E-state index contributed by atoms with van der Waals surface area (Å²) >= 11 is 3.54. The number of rotatable bonds is 9. The van der Waals surface area contributed by atoms with E-state index in [0.29, 0.717) is 24.9 Å². The molecule has 4 aromatic rings. The molecule has 0 aliphatic carbocycles. The Kier molecular flexibility index (Phi) is 7.85. The van der Waals surface area contributed by atoms with E-state index in [1.165, 1.54) is 0 Å². The molecule has 1 amide bonds. The van der Waals surface area contributed by atoms with Crippen LogP contribution in [0.3, 0.4) is 0 Å². The Morgan fingerprint density at radius 2 is 1.67 bits per heavy atom. The number of aromatic nitrogens is 1. The minimum absolute atomic E-state index is 0.0962. The Balaban J connectivity index is 1.71. The van der Waals surface area contributed by atoms with E-state index in [9.17, 15) is 9.59 Å². The molecule has 2 N–H and O–H groups in total. The molecule has 3 aromatic carbocycles. The van der Waals surface area contributed by atoms with Gasteiger partial charge in [0, 0.05) is 33.8 Å². The maximum Gasteiger partial charge on any atom is 0.303 e. The zero-order valence-electron chi connectivity index (χ0n) is 20.4. The van der Waals surface area contributed by atoms with E-state index < -0.39 is 11.4 Å². The van der Waals surface area contributed by atoms with Gasteiger partial charge in [-0.2, -0.15) is 0 Å². The number of benzene rings is 3. The number of hydrogen-bond acceptors (Lipinski definition) is 3. The first-order valence-corrected chi connectivity index (χ1v) is 12.8. The fraction of sp³-hybridized carbons (Fsp3) is 0.233. The van der Waals surface area contributed by atoms with Gasteiger partial charge in [-0.1, -0.05) is 83.5 Å². The van der Waals surface area contributed by atoms with Crippen molar-refractivity contribution in [2.75, 3.05) is 6.54 Å². The summed E-state index contributed by atoms with van der Waals surface area (Å²) in [6, 6.07) is 25.6. The standard InChI is InChI=1S/C30H29BrN2O3/c1-20-27(24-18-23(31)15-16-25(24)33-28(20)21-10-5-3-6-11-21)29(36)32-19-30(2,17-9-14-26(34)35)22-12-7-4-8-13-22/h3-8,10-13,15-16,18H,9,14,17,19H2,1-2H3,(H,32,36)(H,34,35)/t30-/m0/s1. The van der Waals surface area contributed by atoms with E-state index >= 15 is 0 Å². The number of aliphatic carboxylic acids is 1. The summed E-state index contributed by atoms with van der Waals surface area (Å²) in [7, 11) is 0. The molecule has 5 nitrogen and oxygen atoms in total. The number of carboxylic acids is 1. The van der Waals surface area contributed by atoms with Crippen LogP contribution < -0.4 is 5.32 Å². The van der Waals surface area contributed by atoms with Crippen molar-refractivity contribution in [3.8, 4) is 11.3 Å². The Hall–Kier alpha value is -3.51. The van der Waals surface area contributed by atoms with Crippen LogP contribution in [0.5, 0.6) is 0 Å². The lowest BCUT2D eigenvalue weighted by atomic mass is 9.78. The number of amides is 1. The third-order valence-electron chi connectivity index (χ3n) is 6.69. The minimum atomic E-state index is -0.813. The number of carboxylic acid groups (broad SMARTS) is 1. The first kappa shape index (κ1) is 25.6. The third kappa shape index (κ3) is 5.65. The highest BCUT2D eigenvalue weighted by atomic mass is 79.9. The molecule has 0 saturated carbocycles. The highest BCUT2D eigenvalue weighted by molar-refractivity contribution is 9.10. The first-order chi connectivity index (χ1) is 17.3. The SMILES string of the molecule is Cc1c(-c2ccccc2)nc2ccc(Br)cc2c1C(=O)NC[C@](C)(CCCC(=O)O)c1ccccc1. The van der Waals surface area contributed by atoms with E-state index in [-0.39, 0.29) is 12.3 Å². The molecule has 0 aliphatic heterocycles. The summed E-state index contributed by atoms with van der Waals surface area (Å²) in [5.74, 6) is -0.983. The van der Waals surface area contributed by atoms with Crippen molar-refractivity contribution in [2.24, 2.45) is 0 Å². The maximum atomic E-state index is 13.8. The molecule has 0 unspecified atom stereocenters. The van der Waals surface area contributed by atoms with Crippen LogP contribution in [-0.4, -0.2) is 28.5 Å². The van der Waals surface area contributed by atoms with Gasteiger partial charge in [-0.05, 0) is 49.1 Å². The lowest BCUT2D eigenvalue weighted by molar-refractivity contribution is -0.137. The summed E-state index contributed by atoms with van der Waals surface area (Å²) < 4.78 is 0.875. The van der Waals surface area contributed by atoms with E-state index in [0.717, 1.165) is 37.8 Å². The minimum Gasteiger partial charge on any atom is -0.481 e. The summed E-state index contributed by atoms with van der Waals surface area (Å²) in [6.45, 7) is 4.40. The maximum absolute atomic E-state index is 13.8. The molecular formula is C30H29BrN2O3. The molecule has 4 rings (SSSR count). The Bertz CT molecular complexity index is 1390. The third-order valence-corrected chi connectivity index (χ3v) is 7.19. The van der Waals surface area contributed by atoms with Crippen molar-refractivity contribution in [1.29, 1.82) is 0 Å². The van der Waals surface area contributed by atoms with E-state index in [1.807, 2.05) is 85.8 Å². The Labute approximate surface area is 219 Å². The van der Waals surface area contributed by atoms with Gasteiger partial charge in [0.2, 0.25) is 0 Å². The van der Waals surface area contributed by atoms with Gasteiger partial charge in [0.15, 0.2) is 0 Å². The van der Waals surface area contributed by atoms with Crippen LogP contribution in [0.4, 0.5) is 0 Å². The van der Waals surface area contributed by atoms with Gasteiger partial charge in [0.25, 0.3) is 5.91 Å². The summed E-state index contributed by atoms with van der Waals surface area (Å²) in [5.41, 5.74) is 4.56. The van der Waals surface area contributed by atoms with Crippen molar-refractivity contribution < 1.29 is 14.7 Å². The summed E-state index contributed by atoms with van der Waals surface area (Å²) in [5, 5.41) is 13.1. The lowest BCUT2D eigenvalue weighted by Crippen LogP contribution is -2.39. The predicted molar refractivity (Wildman–Crippen MR) is 147 cm³/mol. The fourth-order valence-corrected chi connectivity index (χ4v) is 5.03. The van der Waals surface area contributed by atoms with Gasteiger partial charge in [-0.15, -0.1) is 0 Å². The van der Waals surface area contributed by atoms with Gasteiger partial charge in [-0.3, -0.25) is 9.59 Å². The zero-order chi connectivity index (χ0) is 25.7. The smallest absolute Gasteiger partial charge is 0.303 e. The molecule has 0 fully saturated rings. The molecule has 0 aliphatic rings. The van der Waals surface area contributed by atoms with Gasteiger partial charge in [-0.25, -0.2) is 4.98 Å². The summed E-state index contributed by atoms with van der Waals surface area (Å²) in [4.78, 5) is 29.8. The van der Waals surface area contributed by atoms with Gasteiger partial charge >= 0.3 is 5.97 Å². The second-order valence-electron chi connectivity index (χ2n) is 9.34. The van der Waals surface area contributed by atoms with Crippen LogP contribution in [0, 0.1) is 6.92 Å². The number of halogens is 1. The molecular weight excluding hydrogens is 516 g/mol. The van der Waals surface area contributed by atoms with Gasteiger partial charge in [0.05, 0.1) is 16.8 Å². The molecule has 0 radical (unpaired) electrons. The zero-order valence-corrected chi connectivity index (χ0v) is 22.0. The molecule has 1 heterocycles. The number of pyridine rings is 1. The average Bonchev–Trinajstić information content (AvgIpc) is 2.88. The van der Waals surface area contributed by atoms with Crippen molar-refractivity contribution in [3.63, 3.8) is 0 Å². The van der Waals surface area contributed by atoms with Crippen LogP contribution in [0.2, 0.25) is 0 Å². The average molecular weight is 545 g/mol. The van der Waals surface area contributed by atoms with Crippen molar-refractivity contribution in [1.82, 2.24) is 10.3 Å². The number of hydrogen-bond donors (Lipinski definition) is 2. The Morgan fingerprint density at radius 1 is 1.00 bits per heavy atom. The van der Waals surface area contributed by atoms with E-state index in [1.54, 1.807) is 0 Å². The molecule has 0 spiro atoms. The van der Waals surface area contributed by atoms with Crippen LogP contribution in [0.1, 0.15) is 47.7 Å². The van der Waals surface area contributed by atoms with Crippen LogP contribution >= 0.6 is 15.9 Å². The molecule has 0 saturated heterocycles. The predicted octanol–water partition coefficient (Wildman–Crippen LogP) is 6.92. The highest BCUT2D eigenvalue weighted by Gasteiger charge is 2.28. The topological polar surface area (TPSA) is 79.3 Å². The molecule has 6 heteroatoms. The number of nitrogens with one attached hydrogen (secondary N) is 1. The van der Waals surface area contributed by atoms with Crippen LogP contribution in [0.25, 0.3) is 22.2 Å². The van der Waals surface area contributed by atoms with Crippen molar-refractivity contribution in [2.45, 2.75) is 38.5 Å². The van der Waals surface area contributed by atoms with E-state index in [2.05, 4.69) is 28.2 Å². The Morgan fingerprint density at radius 3 is 2.33 bits per heavy atom. The normalized spacial score (nSPS) is 12.8. The van der Waals surface area contributed by atoms with Crippen LogP contribution in [0.15, 0.2) is 83.3 Å². The quantitative estimate of drug-likeness (QED) is 0.240. The van der Waals surface area contributed by atoms with E-state index in [4.69, 9.17) is 10.1 Å². The van der Waals surface area contributed by atoms with Crippen LogP contribution in [-0.2, 0) is 10.2 Å². The fourth-order valence-electron chi connectivity index (χ4n) is 4.67. The number of nitrogens with zero attached hydrogens (tertiary/aromatic N) is 1. The molecule has 36 heavy (non-hydrogen) atoms. The highest BCUT2D eigenvalue weighted by Crippen LogP contribution is 2.33. The largest absolute Gasteiger partial charge is 0.481 e. The number of fused-ring (bicyclic) bond motifs is 1. The van der Waals surface area contributed by atoms with Gasteiger partial charge in [0.1, 0.15) is 0 Å². The lowest BCUT2D eigenvalue weighted by Gasteiger charge is -2.31. The van der Waals surface area contributed by atoms with Gasteiger partial charge < -0.3 is 10.4 Å². The number of carbonyl (C=O) groups is 2. The molecule has 1 atom stereocenters. The first-order valence-electron chi connectivity index (χ1n) is 12.0. The monoisotopic (exact) mass is 544 g/mol. The molecule has 0 bridgehead atoms. The summed E-state index contributed by atoms with van der Waals surface area (Å²) in [6.07, 6.45) is 1.26. The second kappa shape index (κ2) is 11.0. The van der Waals surface area contributed by atoms with Crippen molar-refractivity contribution in [3.05, 3.63) is 100 Å². The molecule has 1 aromatic heterocycles. The molecule has 184 valence electrons. The second-order valence-corrected chi connectivity index (χ2v) is 10.3.